The van der Waals surface area contributed by atoms with E-state index in [9.17, 15) is 13.2 Å². The molecule has 0 spiro atoms. The summed E-state index contributed by atoms with van der Waals surface area (Å²) in [5.41, 5.74) is 1.51. The third kappa shape index (κ3) is 3.23. The first-order valence-electron chi connectivity index (χ1n) is 3.95. The van der Waals surface area contributed by atoms with Gasteiger partial charge < -0.3 is 5.73 Å². The summed E-state index contributed by atoms with van der Waals surface area (Å²) in [5.74, 6) is 0.488. The van der Waals surface area contributed by atoms with Crippen LogP contribution in [-0.2, 0) is 0 Å². The molecule has 1 rings (SSSR count). The van der Waals surface area contributed by atoms with Gasteiger partial charge in [0.25, 0.3) is 0 Å². The molecule has 2 unspecified atom stereocenters. The van der Waals surface area contributed by atoms with Crippen LogP contribution in [0.1, 0.15) is 19.3 Å². The van der Waals surface area contributed by atoms with Gasteiger partial charge in [0.05, 0.1) is 0 Å². The molecule has 72 valence electrons. The molecule has 2 atom stereocenters. The van der Waals surface area contributed by atoms with Crippen molar-refractivity contribution in [3.63, 3.8) is 0 Å². The van der Waals surface area contributed by atoms with Crippen molar-refractivity contribution in [2.45, 2.75) is 30.8 Å². The summed E-state index contributed by atoms with van der Waals surface area (Å²) in [5, 5.41) is 0. The average Bonchev–Trinajstić information content (AvgIpc) is 1.93. The predicted octanol–water partition coefficient (Wildman–Crippen LogP) is 2.37. The summed E-state index contributed by atoms with van der Waals surface area (Å²) >= 11 is 0.0576. The second-order valence-electron chi connectivity index (χ2n) is 3.08. The molecule has 0 aromatic heterocycles. The number of alkyl halides is 3. The van der Waals surface area contributed by atoms with E-state index in [0.717, 1.165) is 12.8 Å². The van der Waals surface area contributed by atoms with Gasteiger partial charge in [0.1, 0.15) is 0 Å². The molecule has 0 aromatic rings. The Bertz CT molecular complexity index is 148. The first-order chi connectivity index (χ1) is 5.49. The molecule has 0 aromatic carbocycles. The fourth-order valence-corrected chi connectivity index (χ4v) is 1.93. The number of hydrogen-bond donors (Lipinski definition) is 1. The molecule has 0 amide bonds. The van der Waals surface area contributed by atoms with Crippen molar-refractivity contribution in [2.24, 2.45) is 11.7 Å². The molecule has 1 aliphatic carbocycles. The Hall–Kier alpha value is 0.100. The number of thioether (sulfide) groups is 1. The third-order valence-electron chi connectivity index (χ3n) is 2.23. The van der Waals surface area contributed by atoms with E-state index in [4.69, 9.17) is 5.73 Å². The van der Waals surface area contributed by atoms with Crippen LogP contribution >= 0.6 is 11.8 Å². The molecule has 1 aliphatic rings. The van der Waals surface area contributed by atoms with Gasteiger partial charge in [-0.25, -0.2) is 0 Å². The van der Waals surface area contributed by atoms with E-state index in [-0.39, 0.29) is 23.6 Å². The highest BCUT2D eigenvalue weighted by Gasteiger charge is 2.31. The molecule has 1 nitrogen and oxygen atoms in total. The van der Waals surface area contributed by atoms with Crippen LogP contribution in [0, 0.1) is 5.92 Å². The van der Waals surface area contributed by atoms with Gasteiger partial charge in [-0.15, -0.1) is 0 Å². The average molecular weight is 199 g/mol. The van der Waals surface area contributed by atoms with Crippen molar-refractivity contribution in [3.05, 3.63) is 0 Å². The van der Waals surface area contributed by atoms with Crippen molar-refractivity contribution in [2.75, 3.05) is 5.75 Å². The maximum absolute atomic E-state index is 11.7. The van der Waals surface area contributed by atoms with Gasteiger partial charge in [-0.1, -0.05) is 11.8 Å². The van der Waals surface area contributed by atoms with E-state index >= 15 is 0 Å². The summed E-state index contributed by atoms with van der Waals surface area (Å²) in [6, 6.07) is 0.152. The van der Waals surface area contributed by atoms with Crippen LogP contribution in [0.15, 0.2) is 0 Å². The van der Waals surface area contributed by atoms with Gasteiger partial charge in [0, 0.05) is 11.8 Å². The van der Waals surface area contributed by atoms with E-state index in [0.29, 0.717) is 12.3 Å². The van der Waals surface area contributed by atoms with E-state index in [1.807, 2.05) is 0 Å². The number of nitrogens with two attached hydrogens (primary N) is 1. The fourth-order valence-electron chi connectivity index (χ4n) is 1.28. The standard InChI is InChI=1S/C7H12F3NS/c8-7(9,10)12-4-3-5-1-2-6(5)11/h5-6H,1-4,11H2. The van der Waals surface area contributed by atoms with Crippen LogP contribution in [0.3, 0.4) is 0 Å². The van der Waals surface area contributed by atoms with Gasteiger partial charge in [-0.3, -0.25) is 0 Å². The highest BCUT2D eigenvalue weighted by molar-refractivity contribution is 8.00. The normalized spacial score (nSPS) is 30.0. The minimum absolute atomic E-state index is 0.0576. The van der Waals surface area contributed by atoms with Crippen molar-refractivity contribution >= 4 is 11.8 Å². The Labute approximate surface area is 73.9 Å². The van der Waals surface area contributed by atoms with Crippen LogP contribution in [0.4, 0.5) is 13.2 Å². The molecule has 1 fully saturated rings. The number of hydrogen-bond acceptors (Lipinski definition) is 2. The summed E-state index contributed by atoms with van der Waals surface area (Å²) in [4.78, 5) is 0. The van der Waals surface area contributed by atoms with E-state index in [1.54, 1.807) is 0 Å². The maximum Gasteiger partial charge on any atom is 0.441 e. The zero-order valence-corrected chi connectivity index (χ0v) is 7.42. The SMILES string of the molecule is NC1CCC1CCSC(F)(F)F. The molecular formula is C7H12F3NS. The lowest BCUT2D eigenvalue weighted by Crippen LogP contribution is -2.39. The molecule has 5 heteroatoms. The summed E-state index contributed by atoms with van der Waals surface area (Å²) in [6.45, 7) is 0. The van der Waals surface area contributed by atoms with E-state index in [1.165, 1.54) is 0 Å². The maximum atomic E-state index is 11.7. The third-order valence-corrected chi connectivity index (χ3v) is 3.00. The Balaban J connectivity index is 2.03. The molecule has 2 N–H and O–H groups in total. The number of halogens is 3. The lowest BCUT2D eigenvalue weighted by Gasteiger charge is -2.33. The Morgan fingerprint density at radius 2 is 2.00 bits per heavy atom. The highest BCUT2D eigenvalue weighted by Crippen LogP contribution is 2.35. The second kappa shape index (κ2) is 3.87. The Morgan fingerprint density at radius 3 is 2.33 bits per heavy atom. The largest absolute Gasteiger partial charge is 0.441 e. The first-order valence-corrected chi connectivity index (χ1v) is 4.94. The van der Waals surface area contributed by atoms with E-state index < -0.39 is 5.51 Å². The molecule has 1 saturated carbocycles. The summed E-state index contributed by atoms with van der Waals surface area (Å²) < 4.78 is 35.0. The smallest absolute Gasteiger partial charge is 0.327 e. The van der Waals surface area contributed by atoms with Crippen molar-refractivity contribution in [3.8, 4) is 0 Å². The minimum atomic E-state index is -4.08. The predicted molar refractivity (Wildman–Crippen MR) is 43.8 cm³/mol. The molecular weight excluding hydrogens is 187 g/mol. The molecule has 12 heavy (non-hydrogen) atoms. The molecule has 0 aliphatic heterocycles. The quantitative estimate of drug-likeness (QED) is 0.755. The Morgan fingerprint density at radius 1 is 1.33 bits per heavy atom. The van der Waals surface area contributed by atoms with Gasteiger partial charge >= 0.3 is 5.51 Å². The summed E-state index contributed by atoms with van der Waals surface area (Å²) in [7, 11) is 0. The topological polar surface area (TPSA) is 26.0 Å². The monoisotopic (exact) mass is 199 g/mol. The lowest BCUT2D eigenvalue weighted by molar-refractivity contribution is -0.0329. The summed E-state index contributed by atoms with van der Waals surface area (Å²) in [6.07, 6.45) is 2.58. The zero-order valence-electron chi connectivity index (χ0n) is 6.60. The number of rotatable bonds is 3. The molecule has 0 saturated heterocycles. The second-order valence-corrected chi connectivity index (χ2v) is 4.24. The van der Waals surface area contributed by atoms with Crippen LogP contribution in [0.25, 0.3) is 0 Å². The van der Waals surface area contributed by atoms with Crippen LogP contribution in [-0.4, -0.2) is 17.3 Å². The van der Waals surface area contributed by atoms with Crippen molar-refractivity contribution < 1.29 is 13.2 Å². The van der Waals surface area contributed by atoms with Crippen molar-refractivity contribution in [1.29, 1.82) is 0 Å². The Kier molecular flexibility index (Phi) is 3.29. The highest BCUT2D eigenvalue weighted by atomic mass is 32.2. The van der Waals surface area contributed by atoms with Gasteiger partial charge in [0.15, 0.2) is 0 Å². The van der Waals surface area contributed by atoms with Crippen LogP contribution in [0.2, 0.25) is 0 Å². The fraction of sp³-hybridized carbons (Fsp3) is 1.00. The molecule has 0 bridgehead atoms. The van der Waals surface area contributed by atoms with Crippen molar-refractivity contribution in [1.82, 2.24) is 0 Å². The van der Waals surface area contributed by atoms with Gasteiger partial charge in [-0.05, 0) is 25.2 Å². The molecule has 0 radical (unpaired) electrons. The van der Waals surface area contributed by atoms with Crippen LogP contribution < -0.4 is 5.73 Å². The first kappa shape index (κ1) is 10.2. The molecule has 0 heterocycles. The minimum Gasteiger partial charge on any atom is -0.327 e. The van der Waals surface area contributed by atoms with Gasteiger partial charge in [-0.2, -0.15) is 13.2 Å². The van der Waals surface area contributed by atoms with Crippen LogP contribution in [0.5, 0.6) is 0 Å². The van der Waals surface area contributed by atoms with E-state index in [2.05, 4.69) is 0 Å². The zero-order chi connectivity index (χ0) is 9.19. The lowest BCUT2D eigenvalue weighted by atomic mass is 9.79. The van der Waals surface area contributed by atoms with Gasteiger partial charge in [0.2, 0.25) is 0 Å².